The molecular weight excluding hydrogens is 348 g/mol. The Morgan fingerprint density at radius 1 is 1.26 bits per heavy atom. The maximum Gasteiger partial charge on any atom is 0.353 e. The SMILES string of the molecule is COc1ccc(Nc2ncnc(N(C)C3CCN(C)CC3)c2[N+](=O)[O-])cc1. The Hall–Kier alpha value is -2.94. The smallest absolute Gasteiger partial charge is 0.353 e. The van der Waals surface area contributed by atoms with Crippen LogP contribution >= 0.6 is 0 Å². The lowest BCUT2D eigenvalue weighted by molar-refractivity contribution is -0.383. The minimum Gasteiger partial charge on any atom is -0.497 e. The molecule has 1 saturated heterocycles. The number of hydrogen-bond donors (Lipinski definition) is 1. The summed E-state index contributed by atoms with van der Waals surface area (Å²) in [5.41, 5.74) is 0.570. The van der Waals surface area contributed by atoms with Crippen LogP contribution in [0.15, 0.2) is 30.6 Å². The zero-order valence-corrected chi connectivity index (χ0v) is 15.8. The number of ether oxygens (including phenoxy) is 1. The first-order chi connectivity index (χ1) is 13.0. The molecule has 1 N–H and O–H groups in total. The lowest BCUT2D eigenvalue weighted by Crippen LogP contribution is -2.42. The number of nitrogens with one attached hydrogen (secondary N) is 1. The van der Waals surface area contributed by atoms with Crippen LogP contribution in [-0.4, -0.2) is 60.1 Å². The van der Waals surface area contributed by atoms with Crippen LogP contribution in [-0.2, 0) is 0 Å². The number of nitrogens with zero attached hydrogens (tertiary/aromatic N) is 5. The van der Waals surface area contributed by atoms with E-state index in [0.717, 1.165) is 25.9 Å². The van der Waals surface area contributed by atoms with E-state index in [4.69, 9.17) is 4.74 Å². The van der Waals surface area contributed by atoms with Gasteiger partial charge >= 0.3 is 5.69 Å². The van der Waals surface area contributed by atoms with Gasteiger partial charge in [-0.15, -0.1) is 0 Å². The van der Waals surface area contributed by atoms with E-state index in [1.807, 2.05) is 11.9 Å². The highest BCUT2D eigenvalue weighted by molar-refractivity contribution is 5.74. The van der Waals surface area contributed by atoms with E-state index < -0.39 is 4.92 Å². The normalized spacial score (nSPS) is 15.4. The first kappa shape index (κ1) is 18.8. The maximum atomic E-state index is 11.8. The summed E-state index contributed by atoms with van der Waals surface area (Å²) >= 11 is 0. The fraction of sp³-hybridized carbons (Fsp3) is 0.444. The van der Waals surface area contributed by atoms with Crippen LogP contribution in [0.25, 0.3) is 0 Å². The molecule has 0 spiro atoms. The molecule has 144 valence electrons. The van der Waals surface area contributed by atoms with Gasteiger partial charge in [0.15, 0.2) is 0 Å². The molecular formula is C18H24N6O3. The van der Waals surface area contributed by atoms with Crippen molar-refractivity contribution in [1.82, 2.24) is 14.9 Å². The van der Waals surface area contributed by atoms with Crippen molar-refractivity contribution >= 4 is 23.0 Å². The molecule has 0 unspecified atom stereocenters. The summed E-state index contributed by atoms with van der Waals surface area (Å²) in [5, 5.41) is 14.8. The van der Waals surface area contributed by atoms with Gasteiger partial charge in [-0.05, 0) is 57.2 Å². The molecule has 0 atom stereocenters. The van der Waals surface area contributed by atoms with E-state index in [1.165, 1.54) is 6.33 Å². The van der Waals surface area contributed by atoms with Gasteiger partial charge in [-0.25, -0.2) is 9.97 Å². The van der Waals surface area contributed by atoms with Crippen molar-refractivity contribution in [2.24, 2.45) is 0 Å². The molecule has 1 aliphatic rings. The number of nitro groups is 1. The molecule has 9 nitrogen and oxygen atoms in total. The molecule has 0 bridgehead atoms. The third-order valence-electron chi connectivity index (χ3n) is 4.91. The number of piperidine rings is 1. The van der Waals surface area contributed by atoms with E-state index in [1.54, 1.807) is 31.4 Å². The molecule has 0 saturated carbocycles. The number of likely N-dealkylation sites (tertiary alicyclic amines) is 1. The fourth-order valence-corrected chi connectivity index (χ4v) is 3.25. The Balaban J connectivity index is 1.88. The lowest BCUT2D eigenvalue weighted by atomic mass is 10.0. The summed E-state index contributed by atoms with van der Waals surface area (Å²) in [6, 6.07) is 7.33. The molecule has 0 radical (unpaired) electrons. The van der Waals surface area contributed by atoms with Crippen LogP contribution in [0.2, 0.25) is 0 Å². The largest absolute Gasteiger partial charge is 0.497 e. The van der Waals surface area contributed by atoms with Gasteiger partial charge in [0.2, 0.25) is 11.6 Å². The zero-order chi connectivity index (χ0) is 19.4. The molecule has 2 heterocycles. The van der Waals surface area contributed by atoms with Crippen LogP contribution in [0.3, 0.4) is 0 Å². The van der Waals surface area contributed by atoms with Gasteiger partial charge in [0.25, 0.3) is 0 Å². The van der Waals surface area contributed by atoms with Gasteiger partial charge in [0, 0.05) is 18.8 Å². The monoisotopic (exact) mass is 372 g/mol. The second-order valence-electron chi connectivity index (χ2n) is 6.65. The Morgan fingerprint density at radius 3 is 2.52 bits per heavy atom. The van der Waals surface area contributed by atoms with Gasteiger partial charge in [-0.3, -0.25) is 10.1 Å². The molecule has 1 aliphatic heterocycles. The summed E-state index contributed by atoms with van der Waals surface area (Å²) in [7, 11) is 5.53. The summed E-state index contributed by atoms with van der Waals surface area (Å²) in [6.45, 7) is 1.93. The summed E-state index contributed by atoms with van der Waals surface area (Å²) < 4.78 is 5.13. The van der Waals surface area contributed by atoms with Crippen LogP contribution in [0, 0.1) is 10.1 Å². The summed E-state index contributed by atoms with van der Waals surface area (Å²) in [4.78, 5) is 23.9. The number of rotatable bonds is 6. The first-order valence-electron chi connectivity index (χ1n) is 8.81. The van der Waals surface area contributed by atoms with Crippen LogP contribution in [0.5, 0.6) is 5.75 Å². The first-order valence-corrected chi connectivity index (χ1v) is 8.81. The Morgan fingerprint density at radius 2 is 1.93 bits per heavy atom. The lowest BCUT2D eigenvalue weighted by Gasteiger charge is -2.35. The van der Waals surface area contributed by atoms with Gasteiger partial charge in [0.05, 0.1) is 12.0 Å². The second-order valence-corrected chi connectivity index (χ2v) is 6.65. The van der Waals surface area contributed by atoms with E-state index in [-0.39, 0.29) is 17.5 Å². The molecule has 1 fully saturated rings. The Labute approximate surface area is 158 Å². The van der Waals surface area contributed by atoms with Crippen molar-refractivity contribution in [1.29, 1.82) is 0 Å². The van der Waals surface area contributed by atoms with E-state index >= 15 is 0 Å². The van der Waals surface area contributed by atoms with E-state index in [2.05, 4.69) is 27.2 Å². The third kappa shape index (κ3) is 4.25. The summed E-state index contributed by atoms with van der Waals surface area (Å²) in [6.07, 6.45) is 3.24. The number of hydrogen-bond acceptors (Lipinski definition) is 8. The molecule has 2 aromatic rings. The fourth-order valence-electron chi connectivity index (χ4n) is 3.25. The van der Waals surface area contributed by atoms with Crippen LogP contribution in [0.4, 0.5) is 23.0 Å². The van der Waals surface area contributed by atoms with Crippen LogP contribution in [0.1, 0.15) is 12.8 Å². The molecule has 27 heavy (non-hydrogen) atoms. The van der Waals surface area contributed by atoms with E-state index in [9.17, 15) is 10.1 Å². The zero-order valence-electron chi connectivity index (χ0n) is 15.8. The van der Waals surface area contributed by atoms with Gasteiger partial charge in [-0.1, -0.05) is 0 Å². The highest BCUT2D eigenvalue weighted by Gasteiger charge is 2.30. The molecule has 0 aliphatic carbocycles. The van der Waals surface area contributed by atoms with Crippen molar-refractivity contribution in [3.8, 4) is 5.75 Å². The Bertz CT molecular complexity index is 790. The van der Waals surface area contributed by atoms with Gasteiger partial charge in [0.1, 0.15) is 12.1 Å². The van der Waals surface area contributed by atoms with Crippen LogP contribution < -0.4 is 15.0 Å². The molecule has 1 aromatic heterocycles. The van der Waals surface area contributed by atoms with Crippen molar-refractivity contribution < 1.29 is 9.66 Å². The van der Waals surface area contributed by atoms with Gasteiger partial charge in [-0.2, -0.15) is 0 Å². The highest BCUT2D eigenvalue weighted by atomic mass is 16.6. The van der Waals surface area contributed by atoms with Crippen molar-refractivity contribution in [3.05, 3.63) is 40.7 Å². The molecule has 3 rings (SSSR count). The van der Waals surface area contributed by atoms with E-state index in [0.29, 0.717) is 17.3 Å². The number of aromatic nitrogens is 2. The second kappa shape index (κ2) is 8.17. The van der Waals surface area contributed by atoms with Gasteiger partial charge < -0.3 is 19.9 Å². The highest BCUT2D eigenvalue weighted by Crippen LogP contribution is 2.35. The predicted octanol–water partition coefficient (Wildman–Crippen LogP) is 2.67. The molecule has 9 heteroatoms. The minimum absolute atomic E-state index is 0.116. The minimum atomic E-state index is -0.424. The standard InChI is InChI=1S/C18H24N6O3/c1-22-10-8-14(9-11-22)23(2)18-16(24(25)26)17(19-12-20-18)21-13-4-6-15(27-3)7-5-13/h4-7,12,14H,8-11H2,1-3H3,(H,19,20,21). The Kier molecular flexibility index (Phi) is 5.70. The molecule has 0 amide bonds. The number of methoxy groups -OCH3 is 1. The maximum absolute atomic E-state index is 11.8. The average Bonchev–Trinajstić information content (AvgIpc) is 2.68. The number of benzene rings is 1. The topological polar surface area (TPSA) is 96.7 Å². The number of anilines is 3. The molecule has 1 aromatic carbocycles. The third-order valence-corrected chi connectivity index (χ3v) is 4.91. The predicted molar refractivity (Wildman–Crippen MR) is 104 cm³/mol. The summed E-state index contributed by atoms with van der Waals surface area (Å²) in [5.74, 6) is 1.22. The average molecular weight is 372 g/mol. The van der Waals surface area contributed by atoms with Crippen molar-refractivity contribution in [2.45, 2.75) is 18.9 Å². The quantitative estimate of drug-likeness (QED) is 0.611. The van der Waals surface area contributed by atoms with Crippen molar-refractivity contribution in [3.63, 3.8) is 0 Å². The van der Waals surface area contributed by atoms with Crippen molar-refractivity contribution in [2.75, 3.05) is 44.5 Å².